The fourth-order valence-electron chi connectivity index (χ4n) is 4.20. The predicted molar refractivity (Wildman–Crippen MR) is 127 cm³/mol. The first-order valence-electron chi connectivity index (χ1n) is 11.4. The Morgan fingerprint density at radius 1 is 1.15 bits per heavy atom. The SMILES string of the molecule is CCOCOCC(C)(C(=O)N1CCCC1)c1ccc(N(C)Cc2ccccc2)c([N+](=O)[O-])c1. The molecule has 0 spiro atoms. The Balaban J connectivity index is 1.93. The van der Waals surface area contributed by atoms with Crippen molar-refractivity contribution in [3.05, 3.63) is 69.8 Å². The zero-order valence-electron chi connectivity index (χ0n) is 19.7. The van der Waals surface area contributed by atoms with Gasteiger partial charge in [0.25, 0.3) is 5.69 Å². The summed E-state index contributed by atoms with van der Waals surface area (Å²) in [5, 5.41) is 12.0. The highest BCUT2D eigenvalue weighted by Crippen LogP contribution is 2.36. The van der Waals surface area contributed by atoms with Gasteiger partial charge < -0.3 is 19.3 Å². The summed E-state index contributed by atoms with van der Waals surface area (Å²) < 4.78 is 11.0. The van der Waals surface area contributed by atoms with E-state index in [1.165, 1.54) is 6.07 Å². The summed E-state index contributed by atoms with van der Waals surface area (Å²) in [5.41, 5.74) is 1.04. The molecule has 0 N–H and O–H groups in total. The summed E-state index contributed by atoms with van der Waals surface area (Å²) in [5.74, 6) is -0.0730. The molecule has 1 heterocycles. The molecule has 33 heavy (non-hydrogen) atoms. The smallest absolute Gasteiger partial charge is 0.292 e. The van der Waals surface area contributed by atoms with Crippen LogP contribution in [0.25, 0.3) is 0 Å². The van der Waals surface area contributed by atoms with Crippen LogP contribution in [0.15, 0.2) is 48.5 Å². The number of ether oxygens (including phenoxy) is 2. The summed E-state index contributed by atoms with van der Waals surface area (Å²) in [7, 11) is 1.83. The number of nitro benzene ring substituents is 1. The molecule has 178 valence electrons. The molecule has 2 aromatic rings. The van der Waals surface area contributed by atoms with Crippen LogP contribution in [0.5, 0.6) is 0 Å². The average Bonchev–Trinajstić information content (AvgIpc) is 3.36. The number of carbonyl (C=O) groups excluding carboxylic acids is 1. The molecule has 1 saturated heterocycles. The monoisotopic (exact) mass is 455 g/mol. The largest absolute Gasteiger partial charge is 0.365 e. The van der Waals surface area contributed by atoms with Crippen LogP contribution >= 0.6 is 0 Å². The van der Waals surface area contributed by atoms with Crippen molar-refractivity contribution in [2.45, 2.75) is 38.6 Å². The van der Waals surface area contributed by atoms with Gasteiger partial charge in [-0.3, -0.25) is 14.9 Å². The van der Waals surface area contributed by atoms with Crippen molar-refractivity contribution in [1.82, 2.24) is 4.90 Å². The fraction of sp³-hybridized carbons (Fsp3) is 0.480. The maximum absolute atomic E-state index is 13.5. The Morgan fingerprint density at radius 3 is 2.48 bits per heavy atom. The Hall–Kier alpha value is -2.97. The zero-order valence-corrected chi connectivity index (χ0v) is 19.7. The first-order valence-corrected chi connectivity index (χ1v) is 11.4. The van der Waals surface area contributed by atoms with Crippen LogP contribution < -0.4 is 4.90 Å². The molecule has 0 bridgehead atoms. The molecule has 1 unspecified atom stereocenters. The lowest BCUT2D eigenvalue weighted by atomic mass is 9.81. The number of hydrogen-bond acceptors (Lipinski definition) is 6. The minimum Gasteiger partial charge on any atom is -0.365 e. The first-order chi connectivity index (χ1) is 15.9. The summed E-state index contributed by atoms with van der Waals surface area (Å²) in [4.78, 5) is 28.8. The van der Waals surface area contributed by atoms with Crippen molar-refractivity contribution in [1.29, 1.82) is 0 Å². The fourth-order valence-corrected chi connectivity index (χ4v) is 4.20. The van der Waals surface area contributed by atoms with Crippen LogP contribution in [-0.4, -0.2) is 55.9 Å². The molecular weight excluding hydrogens is 422 g/mol. The summed E-state index contributed by atoms with van der Waals surface area (Å²) in [6, 6.07) is 14.9. The molecule has 1 amide bonds. The highest BCUT2D eigenvalue weighted by atomic mass is 16.7. The number of hydrogen-bond donors (Lipinski definition) is 0. The van der Waals surface area contributed by atoms with Gasteiger partial charge in [0.2, 0.25) is 5.91 Å². The van der Waals surface area contributed by atoms with E-state index in [0.717, 1.165) is 18.4 Å². The number of amides is 1. The molecule has 0 radical (unpaired) electrons. The highest BCUT2D eigenvalue weighted by molar-refractivity contribution is 5.89. The lowest BCUT2D eigenvalue weighted by molar-refractivity contribution is -0.384. The van der Waals surface area contributed by atoms with E-state index in [1.54, 1.807) is 13.0 Å². The molecule has 8 nitrogen and oxygen atoms in total. The molecule has 0 aromatic heterocycles. The quantitative estimate of drug-likeness (QED) is 0.219. The number of nitrogens with zero attached hydrogens (tertiary/aromatic N) is 3. The summed E-state index contributed by atoms with van der Waals surface area (Å²) >= 11 is 0. The van der Waals surface area contributed by atoms with Crippen molar-refractivity contribution in [2.24, 2.45) is 0 Å². The third-order valence-electron chi connectivity index (χ3n) is 6.11. The van der Waals surface area contributed by atoms with E-state index in [0.29, 0.717) is 37.5 Å². The van der Waals surface area contributed by atoms with Gasteiger partial charge in [0.05, 0.1) is 16.9 Å². The number of likely N-dealkylation sites (tertiary alicyclic amines) is 1. The van der Waals surface area contributed by atoms with E-state index in [2.05, 4.69) is 0 Å². The molecule has 0 aliphatic carbocycles. The molecule has 1 aliphatic heterocycles. The number of rotatable bonds is 11. The van der Waals surface area contributed by atoms with Crippen molar-refractivity contribution >= 4 is 17.3 Å². The molecular formula is C25H33N3O5. The molecule has 8 heteroatoms. The van der Waals surface area contributed by atoms with Gasteiger partial charge in [-0.05, 0) is 43.9 Å². The first kappa shape index (κ1) is 24.7. The molecule has 0 saturated carbocycles. The minimum atomic E-state index is -1.05. The minimum absolute atomic E-state index is 0.0313. The third kappa shape index (κ3) is 5.89. The second-order valence-corrected chi connectivity index (χ2v) is 8.59. The van der Waals surface area contributed by atoms with Crippen LogP contribution in [0.4, 0.5) is 11.4 Å². The van der Waals surface area contributed by atoms with Crippen LogP contribution in [0.1, 0.15) is 37.8 Å². The Kier molecular flexibility index (Phi) is 8.41. The Morgan fingerprint density at radius 2 is 1.85 bits per heavy atom. The van der Waals surface area contributed by atoms with Gasteiger partial charge in [-0.1, -0.05) is 36.4 Å². The Bertz CT molecular complexity index is 946. The van der Waals surface area contributed by atoms with Crippen LogP contribution in [0.3, 0.4) is 0 Å². The predicted octanol–water partition coefficient (Wildman–Crippen LogP) is 4.12. The van der Waals surface area contributed by atoms with Crippen LogP contribution in [0, 0.1) is 10.1 Å². The maximum Gasteiger partial charge on any atom is 0.292 e. The lowest BCUT2D eigenvalue weighted by Gasteiger charge is -2.33. The van der Waals surface area contributed by atoms with E-state index in [4.69, 9.17) is 9.47 Å². The number of anilines is 1. The Labute approximate surface area is 195 Å². The van der Waals surface area contributed by atoms with Crippen molar-refractivity contribution in [2.75, 3.05) is 45.0 Å². The molecule has 3 rings (SSSR count). The van der Waals surface area contributed by atoms with Crippen molar-refractivity contribution < 1.29 is 19.2 Å². The second-order valence-electron chi connectivity index (χ2n) is 8.59. The van der Waals surface area contributed by atoms with Crippen LogP contribution in [-0.2, 0) is 26.2 Å². The maximum atomic E-state index is 13.5. The van der Waals surface area contributed by atoms with Crippen molar-refractivity contribution in [3.8, 4) is 0 Å². The normalized spacial score (nSPS) is 15.3. The van der Waals surface area contributed by atoms with E-state index >= 15 is 0 Å². The van der Waals surface area contributed by atoms with Gasteiger partial charge in [-0.2, -0.15) is 0 Å². The summed E-state index contributed by atoms with van der Waals surface area (Å²) in [6.45, 7) is 6.24. The van der Waals surface area contributed by atoms with E-state index in [-0.39, 0.29) is 29.9 Å². The van der Waals surface area contributed by atoms with Crippen molar-refractivity contribution in [3.63, 3.8) is 0 Å². The molecule has 1 atom stereocenters. The van der Waals surface area contributed by atoms with E-state index in [1.807, 2.05) is 60.2 Å². The molecule has 1 aliphatic rings. The van der Waals surface area contributed by atoms with Crippen LogP contribution in [0.2, 0.25) is 0 Å². The molecule has 2 aromatic carbocycles. The number of carbonyl (C=O) groups is 1. The molecule has 1 fully saturated rings. The van der Waals surface area contributed by atoms with Gasteiger partial charge in [-0.25, -0.2) is 0 Å². The zero-order chi connectivity index (χ0) is 23.8. The van der Waals surface area contributed by atoms with Gasteiger partial charge in [0, 0.05) is 39.4 Å². The van der Waals surface area contributed by atoms with Gasteiger partial charge >= 0.3 is 0 Å². The number of benzene rings is 2. The van der Waals surface area contributed by atoms with Gasteiger partial charge in [0.15, 0.2) is 0 Å². The second kappa shape index (κ2) is 11.2. The van der Waals surface area contributed by atoms with Gasteiger partial charge in [0.1, 0.15) is 12.5 Å². The topological polar surface area (TPSA) is 85.2 Å². The summed E-state index contributed by atoms with van der Waals surface area (Å²) in [6.07, 6.45) is 1.93. The standard InChI is InChI=1S/C25H33N3O5/c1-4-32-19-33-18-25(2,24(29)27-14-8-9-15-27)21-12-13-22(23(16-21)28(30)31)26(3)17-20-10-6-5-7-11-20/h5-7,10-13,16H,4,8-9,14-15,17-19H2,1-3H3. The van der Waals surface area contributed by atoms with E-state index < -0.39 is 5.41 Å². The number of nitro groups is 1. The highest BCUT2D eigenvalue weighted by Gasteiger charge is 2.41. The van der Waals surface area contributed by atoms with Gasteiger partial charge in [-0.15, -0.1) is 0 Å². The van der Waals surface area contributed by atoms with E-state index in [9.17, 15) is 14.9 Å². The average molecular weight is 456 g/mol. The lowest BCUT2D eigenvalue weighted by Crippen LogP contribution is -2.47. The third-order valence-corrected chi connectivity index (χ3v) is 6.11.